The predicted octanol–water partition coefficient (Wildman–Crippen LogP) is 3.27. The molecular formula is C21H25N3O4S2. The van der Waals surface area contributed by atoms with Crippen LogP contribution in [0.25, 0.3) is 0 Å². The molecule has 0 atom stereocenters. The van der Waals surface area contributed by atoms with Gasteiger partial charge in [0.1, 0.15) is 5.75 Å². The van der Waals surface area contributed by atoms with Crippen LogP contribution in [0.5, 0.6) is 5.75 Å². The minimum atomic E-state index is -3.72. The highest BCUT2D eigenvalue weighted by Gasteiger charge is 2.29. The molecule has 4 rings (SSSR count). The lowest BCUT2D eigenvalue weighted by molar-refractivity contribution is 0.0693. The van der Waals surface area contributed by atoms with Crippen molar-refractivity contribution >= 4 is 38.3 Å². The molecule has 1 fully saturated rings. The van der Waals surface area contributed by atoms with Gasteiger partial charge in [0.05, 0.1) is 36.6 Å². The van der Waals surface area contributed by atoms with Gasteiger partial charge in [0.25, 0.3) is 10.0 Å². The first-order chi connectivity index (χ1) is 14.5. The van der Waals surface area contributed by atoms with Crippen molar-refractivity contribution in [2.45, 2.75) is 11.8 Å². The van der Waals surface area contributed by atoms with Crippen molar-refractivity contribution in [2.75, 3.05) is 50.0 Å². The lowest BCUT2D eigenvalue weighted by Gasteiger charge is -2.32. The van der Waals surface area contributed by atoms with E-state index in [2.05, 4.69) is 4.90 Å². The first-order valence-electron chi connectivity index (χ1n) is 9.81. The maximum absolute atomic E-state index is 13.5. The third kappa shape index (κ3) is 4.28. The molecule has 0 amide bonds. The van der Waals surface area contributed by atoms with Crippen molar-refractivity contribution in [3.63, 3.8) is 0 Å². The van der Waals surface area contributed by atoms with E-state index in [9.17, 15) is 8.42 Å². The van der Waals surface area contributed by atoms with Crippen molar-refractivity contribution in [1.82, 2.24) is 4.90 Å². The summed E-state index contributed by atoms with van der Waals surface area (Å²) in [5, 5.41) is 0.889. The molecule has 0 saturated carbocycles. The number of ether oxygens (including phenoxy) is 2. The number of hydrogen-bond acceptors (Lipinski definition) is 7. The number of aryl methyl sites for hydroxylation is 1. The number of rotatable bonds is 3. The molecular weight excluding hydrogens is 422 g/mol. The Labute approximate surface area is 181 Å². The first kappa shape index (κ1) is 21.0. The second kappa shape index (κ2) is 8.87. The van der Waals surface area contributed by atoms with Gasteiger partial charge in [0, 0.05) is 31.5 Å². The van der Waals surface area contributed by atoms with Crippen LogP contribution in [0.1, 0.15) is 5.56 Å². The highest BCUT2D eigenvalue weighted by Crippen LogP contribution is 2.38. The molecule has 30 heavy (non-hydrogen) atoms. The van der Waals surface area contributed by atoms with E-state index in [1.807, 2.05) is 19.1 Å². The minimum absolute atomic E-state index is 0.276. The third-order valence-electron chi connectivity index (χ3n) is 5.08. The van der Waals surface area contributed by atoms with E-state index < -0.39 is 10.0 Å². The predicted molar refractivity (Wildman–Crippen MR) is 121 cm³/mol. The number of fused-ring (bicyclic) bond motifs is 1. The molecule has 0 spiro atoms. The number of sulfonamides is 1. The van der Waals surface area contributed by atoms with Crippen LogP contribution in [0.3, 0.4) is 0 Å². The molecule has 0 N–H and O–H groups in total. The van der Waals surface area contributed by atoms with E-state index >= 15 is 0 Å². The summed E-state index contributed by atoms with van der Waals surface area (Å²) < 4.78 is 39.2. The number of hydrogen-bond donors (Lipinski definition) is 0. The number of aliphatic imine (C=N–C) groups is 1. The van der Waals surface area contributed by atoms with Gasteiger partial charge >= 0.3 is 0 Å². The normalized spacial score (nSPS) is 17.6. The zero-order valence-corrected chi connectivity index (χ0v) is 18.7. The third-order valence-corrected chi connectivity index (χ3v) is 7.91. The van der Waals surface area contributed by atoms with E-state index in [0.29, 0.717) is 42.6 Å². The highest BCUT2D eigenvalue weighted by atomic mass is 32.2. The largest absolute Gasteiger partial charge is 0.497 e. The SMILES string of the molecule is COc1ccc2c(c1)N=C(N1CCOCC1)SCCN2S(=O)(=O)c1ccc(C)cc1. The van der Waals surface area contributed by atoms with Crippen LogP contribution in [0.15, 0.2) is 52.4 Å². The van der Waals surface area contributed by atoms with Gasteiger partial charge in [-0.25, -0.2) is 13.4 Å². The van der Waals surface area contributed by atoms with Gasteiger partial charge in [-0.05, 0) is 31.2 Å². The maximum Gasteiger partial charge on any atom is 0.264 e. The van der Waals surface area contributed by atoms with E-state index in [-0.39, 0.29) is 4.90 Å². The van der Waals surface area contributed by atoms with Crippen LogP contribution >= 0.6 is 11.8 Å². The summed E-state index contributed by atoms with van der Waals surface area (Å²) in [5.41, 5.74) is 2.16. The lowest BCUT2D eigenvalue weighted by Crippen LogP contribution is -2.41. The Morgan fingerprint density at radius 2 is 1.80 bits per heavy atom. The van der Waals surface area contributed by atoms with Crippen LogP contribution in [-0.4, -0.2) is 64.2 Å². The molecule has 1 saturated heterocycles. The molecule has 0 unspecified atom stereocenters. The summed E-state index contributed by atoms with van der Waals surface area (Å²) in [7, 11) is -2.13. The Morgan fingerprint density at radius 3 is 2.50 bits per heavy atom. The van der Waals surface area contributed by atoms with E-state index in [1.54, 1.807) is 49.2 Å². The molecule has 160 valence electrons. The van der Waals surface area contributed by atoms with Gasteiger partial charge in [-0.15, -0.1) is 0 Å². The molecule has 2 aromatic carbocycles. The van der Waals surface area contributed by atoms with Crippen molar-refractivity contribution in [3.05, 3.63) is 48.0 Å². The quantitative estimate of drug-likeness (QED) is 0.719. The van der Waals surface area contributed by atoms with Gasteiger partial charge < -0.3 is 14.4 Å². The van der Waals surface area contributed by atoms with Crippen molar-refractivity contribution < 1.29 is 17.9 Å². The van der Waals surface area contributed by atoms with Gasteiger partial charge in [-0.2, -0.15) is 0 Å². The smallest absolute Gasteiger partial charge is 0.264 e. The molecule has 2 aliphatic heterocycles. The molecule has 0 aliphatic carbocycles. The van der Waals surface area contributed by atoms with Crippen LogP contribution < -0.4 is 9.04 Å². The Kier molecular flexibility index (Phi) is 6.21. The van der Waals surface area contributed by atoms with Crippen molar-refractivity contribution in [3.8, 4) is 5.75 Å². The molecule has 0 bridgehead atoms. The fourth-order valence-electron chi connectivity index (χ4n) is 3.41. The minimum Gasteiger partial charge on any atom is -0.497 e. The van der Waals surface area contributed by atoms with Crippen LogP contribution in [-0.2, 0) is 14.8 Å². The standard InChI is InChI=1S/C21H25N3O4S2/c1-16-3-6-18(7-4-16)30(25,26)24-11-14-29-21(23-9-12-28-13-10-23)22-19-15-17(27-2)5-8-20(19)24/h3-8,15H,9-14H2,1-2H3. The van der Waals surface area contributed by atoms with E-state index in [1.165, 1.54) is 4.31 Å². The summed E-state index contributed by atoms with van der Waals surface area (Å²) in [5.74, 6) is 1.24. The number of morpholine rings is 1. The number of amidine groups is 1. The van der Waals surface area contributed by atoms with E-state index in [0.717, 1.165) is 23.8 Å². The summed E-state index contributed by atoms with van der Waals surface area (Å²) in [6.45, 7) is 5.17. The second-order valence-corrected chi connectivity index (χ2v) is 10.0. The van der Waals surface area contributed by atoms with Gasteiger partial charge in [0.2, 0.25) is 0 Å². The van der Waals surface area contributed by atoms with Crippen LogP contribution in [0.4, 0.5) is 11.4 Å². The Hall–Kier alpha value is -2.23. The lowest BCUT2D eigenvalue weighted by atomic mass is 10.2. The molecule has 9 heteroatoms. The Bertz CT molecular complexity index is 1030. The van der Waals surface area contributed by atoms with Crippen LogP contribution in [0.2, 0.25) is 0 Å². The fraction of sp³-hybridized carbons (Fsp3) is 0.381. The molecule has 0 radical (unpaired) electrons. The summed E-state index contributed by atoms with van der Waals surface area (Å²) in [6, 6.07) is 12.3. The molecule has 2 aromatic rings. The van der Waals surface area contributed by atoms with Crippen molar-refractivity contribution in [2.24, 2.45) is 4.99 Å². The number of methoxy groups -OCH3 is 1. The molecule has 2 heterocycles. The van der Waals surface area contributed by atoms with E-state index in [4.69, 9.17) is 14.5 Å². The monoisotopic (exact) mass is 447 g/mol. The molecule has 0 aromatic heterocycles. The maximum atomic E-state index is 13.5. The number of thioether (sulfide) groups is 1. The Morgan fingerprint density at radius 1 is 1.07 bits per heavy atom. The number of anilines is 1. The second-order valence-electron chi connectivity index (χ2n) is 7.09. The first-order valence-corrected chi connectivity index (χ1v) is 12.2. The average Bonchev–Trinajstić information content (AvgIpc) is 2.75. The van der Waals surface area contributed by atoms with Gasteiger partial charge in [0.15, 0.2) is 5.17 Å². The molecule has 2 aliphatic rings. The Balaban J connectivity index is 1.78. The van der Waals surface area contributed by atoms with Gasteiger partial charge in [-0.1, -0.05) is 29.5 Å². The summed E-state index contributed by atoms with van der Waals surface area (Å²) in [4.78, 5) is 7.34. The molecule has 7 nitrogen and oxygen atoms in total. The van der Waals surface area contributed by atoms with Gasteiger partial charge in [-0.3, -0.25) is 4.31 Å². The van der Waals surface area contributed by atoms with Crippen molar-refractivity contribution in [1.29, 1.82) is 0 Å². The summed E-state index contributed by atoms with van der Waals surface area (Å²) >= 11 is 1.57. The zero-order chi connectivity index (χ0) is 21.1. The average molecular weight is 448 g/mol. The zero-order valence-electron chi connectivity index (χ0n) is 17.1. The highest BCUT2D eigenvalue weighted by molar-refractivity contribution is 8.13. The summed E-state index contributed by atoms with van der Waals surface area (Å²) in [6.07, 6.45) is 0. The topological polar surface area (TPSA) is 71.4 Å². The van der Waals surface area contributed by atoms with Crippen LogP contribution in [0, 0.1) is 6.92 Å². The fourth-order valence-corrected chi connectivity index (χ4v) is 5.99. The number of nitrogens with zero attached hydrogens (tertiary/aromatic N) is 3. The number of benzene rings is 2.